The molecular formula is C22H21N5O3. The second-order valence-electron chi connectivity index (χ2n) is 6.65. The summed E-state index contributed by atoms with van der Waals surface area (Å²) in [6.45, 7) is 1.97. The van der Waals surface area contributed by atoms with Crippen molar-refractivity contribution in [3.63, 3.8) is 0 Å². The van der Waals surface area contributed by atoms with Gasteiger partial charge in [-0.25, -0.2) is 5.43 Å². The van der Waals surface area contributed by atoms with Gasteiger partial charge in [0, 0.05) is 27.7 Å². The number of hydrazone groups is 1. The fraction of sp³-hybridized carbons (Fsp3) is 0.136. The van der Waals surface area contributed by atoms with Crippen LogP contribution in [-0.4, -0.2) is 41.5 Å². The molecule has 0 saturated carbocycles. The van der Waals surface area contributed by atoms with Gasteiger partial charge in [-0.3, -0.25) is 9.89 Å². The number of nitrogens with zero attached hydrogens (tertiary/aromatic N) is 2. The summed E-state index contributed by atoms with van der Waals surface area (Å²) in [5, 5.41) is 12.1. The highest BCUT2D eigenvalue weighted by molar-refractivity contribution is 6.01. The number of benzene rings is 2. The van der Waals surface area contributed by atoms with Crippen LogP contribution in [0.15, 0.2) is 53.6 Å². The van der Waals surface area contributed by atoms with Crippen LogP contribution in [0.25, 0.3) is 22.2 Å². The van der Waals surface area contributed by atoms with Gasteiger partial charge in [-0.1, -0.05) is 18.2 Å². The van der Waals surface area contributed by atoms with E-state index in [1.54, 1.807) is 38.6 Å². The predicted octanol–water partition coefficient (Wildman–Crippen LogP) is 3.65. The van der Waals surface area contributed by atoms with Gasteiger partial charge in [0.25, 0.3) is 5.91 Å². The molecule has 0 aliphatic rings. The molecule has 2 aromatic carbocycles. The van der Waals surface area contributed by atoms with E-state index in [1.165, 1.54) is 0 Å². The standard InChI is InChI=1S/C22H21N5O3/c1-13-16(15-6-4-5-7-17(15)24-13)12-23-27-22(28)19-11-18(25-26-19)14-8-9-20(29-2)21(10-14)30-3/h4-12,24H,1-3H3,(H,25,26)(H,27,28)/b23-12-. The Bertz CT molecular complexity index is 1240. The molecule has 0 bridgehead atoms. The van der Waals surface area contributed by atoms with Gasteiger partial charge in [-0.15, -0.1) is 0 Å². The Morgan fingerprint density at radius 1 is 1.10 bits per heavy atom. The molecule has 0 radical (unpaired) electrons. The van der Waals surface area contributed by atoms with Gasteiger partial charge in [0.2, 0.25) is 0 Å². The summed E-state index contributed by atoms with van der Waals surface area (Å²) in [6.07, 6.45) is 1.64. The third-order valence-corrected chi connectivity index (χ3v) is 4.80. The number of nitrogens with one attached hydrogen (secondary N) is 3. The first-order chi connectivity index (χ1) is 14.6. The van der Waals surface area contributed by atoms with Crippen LogP contribution >= 0.6 is 0 Å². The molecule has 8 nitrogen and oxygen atoms in total. The van der Waals surface area contributed by atoms with E-state index < -0.39 is 0 Å². The summed E-state index contributed by atoms with van der Waals surface area (Å²) in [5.41, 5.74) is 7.17. The fourth-order valence-electron chi connectivity index (χ4n) is 3.26. The number of amides is 1. The van der Waals surface area contributed by atoms with Crippen LogP contribution in [0.4, 0.5) is 0 Å². The van der Waals surface area contributed by atoms with Crippen molar-refractivity contribution in [3.05, 3.63) is 65.5 Å². The number of rotatable bonds is 6. The van der Waals surface area contributed by atoms with Crippen LogP contribution in [-0.2, 0) is 0 Å². The van der Waals surface area contributed by atoms with Gasteiger partial charge in [0.1, 0.15) is 5.69 Å². The zero-order chi connectivity index (χ0) is 21.1. The summed E-state index contributed by atoms with van der Waals surface area (Å²) in [5.74, 6) is 0.822. The first-order valence-electron chi connectivity index (χ1n) is 9.29. The number of aromatic nitrogens is 3. The lowest BCUT2D eigenvalue weighted by molar-refractivity contribution is 0.0950. The van der Waals surface area contributed by atoms with Gasteiger partial charge in [0.05, 0.1) is 26.1 Å². The minimum Gasteiger partial charge on any atom is -0.493 e. The van der Waals surface area contributed by atoms with Gasteiger partial charge in [-0.2, -0.15) is 10.2 Å². The lowest BCUT2D eigenvalue weighted by Crippen LogP contribution is -2.18. The molecule has 0 atom stereocenters. The number of aromatic amines is 2. The summed E-state index contributed by atoms with van der Waals surface area (Å²) in [6, 6.07) is 15.0. The van der Waals surface area contributed by atoms with Crippen molar-refractivity contribution in [2.24, 2.45) is 5.10 Å². The molecule has 30 heavy (non-hydrogen) atoms. The van der Waals surface area contributed by atoms with E-state index in [0.29, 0.717) is 22.9 Å². The van der Waals surface area contributed by atoms with Gasteiger partial charge in [-0.05, 0) is 37.3 Å². The van der Waals surface area contributed by atoms with Crippen LogP contribution < -0.4 is 14.9 Å². The number of aryl methyl sites for hydroxylation is 1. The smallest absolute Gasteiger partial charge is 0.289 e. The molecule has 0 saturated heterocycles. The van der Waals surface area contributed by atoms with Crippen molar-refractivity contribution in [2.45, 2.75) is 6.92 Å². The summed E-state index contributed by atoms with van der Waals surface area (Å²) in [4.78, 5) is 15.7. The summed E-state index contributed by atoms with van der Waals surface area (Å²) in [7, 11) is 3.14. The average Bonchev–Trinajstić information content (AvgIpc) is 3.38. The van der Waals surface area contributed by atoms with Crippen LogP contribution in [0.3, 0.4) is 0 Å². The Morgan fingerprint density at radius 2 is 1.90 bits per heavy atom. The molecule has 0 unspecified atom stereocenters. The molecule has 4 rings (SSSR count). The van der Waals surface area contributed by atoms with Crippen molar-refractivity contribution in [2.75, 3.05) is 14.2 Å². The van der Waals surface area contributed by atoms with Crippen LogP contribution in [0, 0.1) is 6.92 Å². The molecule has 2 aromatic heterocycles. The van der Waals surface area contributed by atoms with E-state index in [-0.39, 0.29) is 5.91 Å². The van der Waals surface area contributed by atoms with E-state index >= 15 is 0 Å². The highest BCUT2D eigenvalue weighted by Gasteiger charge is 2.13. The minimum atomic E-state index is -0.386. The average molecular weight is 403 g/mol. The summed E-state index contributed by atoms with van der Waals surface area (Å²) < 4.78 is 10.6. The molecule has 0 aliphatic carbocycles. The topological polar surface area (TPSA) is 104 Å². The quantitative estimate of drug-likeness (QED) is 0.338. The van der Waals surface area contributed by atoms with Crippen molar-refractivity contribution in [1.29, 1.82) is 0 Å². The Labute approximate surface area is 172 Å². The Hall–Kier alpha value is -4.07. The Balaban J connectivity index is 1.49. The first-order valence-corrected chi connectivity index (χ1v) is 9.29. The van der Waals surface area contributed by atoms with Crippen LogP contribution in [0.5, 0.6) is 11.5 Å². The molecule has 1 amide bonds. The van der Waals surface area contributed by atoms with Crippen molar-refractivity contribution >= 4 is 23.0 Å². The monoisotopic (exact) mass is 403 g/mol. The summed E-state index contributed by atoms with van der Waals surface area (Å²) >= 11 is 0. The third-order valence-electron chi connectivity index (χ3n) is 4.80. The minimum absolute atomic E-state index is 0.299. The SMILES string of the molecule is COc1ccc(-c2cc(C(=O)N/N=C\c3c(C)[nH]c4ccccc34)[nH]n2)cc1OC. The van der Waals surface area contributed by atoms with E-state index in [1.807, 2.05) is 37.3 Å². The second kappa shape index (κ2) is 8.12. The van der Waals surface area contributed by atoms with E-state index in [9.17, 15) is 4.79 Å². The Morgan fingerprint density at radius 3 is 2.70 bits per heavy atom. The lowest BCUT2D eigenvalue weighted by Gasteiger charge is -2.08. The molecule has 0 spiro atoms. The van der Waals surface area contributed by atoms with Crippen LogP contribution in [0.2, 0.25) is 0 Å². The molecule has 0 aliphatic heterocycles. The first kappa shape index (κ1) is 19.3. The molecule has 3 N–H and O–H groups in total. The zero-order valence-electron chi connectivity index (χ0n) is 16.8. The maximum absolute atomic E-state index is 12.4. The highest BCUT2D eigenvalue weighted by Crippen LogP contribution is 2.31. The Kier molecular flexibility index (Phi) is 5.21. The van der Waals surface area contributed by atoms with Gasteiger partial charge >= 0.3 is 0 Å². The molecular weight excluding hydrogens is 382 g/mol. The van der Waals surface area contributed by atoms with Crippen molar-refractivity contribution < 1.29 is 14.3 Å². The van der Waals surface area contributed by atoms with Crippen molar-refractivity contribution in [1.82, 2.24) is 20.6 Å². The number of methoxy groups -OCH3 is 2. The predicted molar refractivity (Wildman–Crippen MR) is 115 cm³/mol. The van der Waals surface area contributed by atoms with Gasteiger partial charge < -0.3 is 14.5 Å². The number of ether oxygens (including phenoxy) is 2. The number of fused-ring (bicyclic) bond motifs is 1. The fourth-order valence-corrected chi connectivity index (χ4v) is 3.26. The second-order valence-corrected chi connectivity index (χ2v) is 6.65. The maximum atomic E-state index is 12.4. The molecule has 2 heterocycles. The largest absolute Gasteiger partial charge is 0.493 e. The number of hydrogen-bond acceptors (Lipinski definition) is 5. The molecule has 0 fully saturated rings. The zero-order valence-corrected chi connectivity index (χ0v) is 16.8. The van der Waals surface area contributed by atoms with E-state index in [2.05, 4.69) is 25.7 Å². The molecule has 152 valence electrons. The highest BCUT2D eigenvalue weighted by atomic mass is 16.5. The number of hydrogen-bond donors (Lipinski definition) is 3. The molecule has 4 aromatic rings. The third kappa shape index (κ3) is 3.62. The molecule has 8 heteroatoms. The number of para-hydroxylation sites is 1. The van der Waals surface area contributed by atoms with Crippen LogP contribution in [0.1, 0.15) is 21.7 Å². The maximum Gasteiger partial charge on any atom is 0.289 e. The normalized spacial score (nSPS) is 11.2. The lowest BCUT2D eigenvalue weighted by atomic mass is 10.1. The number of carbonyl (C=O) groups excluding carboxylic acids is 1. The number of H-pyrrole nitrogens is 2. The van der Waals surface area contributed by atoms with E-state index in [0.717, 1.165) is 27.7 Å². The van der Waals surface area contributed by atoms with Crippen molar-refractivity contribution in [3.8, 4) is 22.8 Å². The van der Waals surface area contributed by atoms with Gasteiger partial charge in [0.15, 0.2) is 11.5 Å². The number of carbonyl (C=O) groups is 1. The van der Waals surface area contributed by atoms with E-state index in [4.69, 9.17) is 9.47 Å².